The van der Waals surface area contributed by atoms with Crippen molar-refractivity contribution in [2.75, 3.05) is 0 Å². The Morgan fingerprint density at radius 3 is 2.54 bits per heavy atom. The van der Waals surface area contributed by atoms with E-state index in [9.17, 15) is 5.11 Å². The zero-order chi connectivity index (χ0) is 9.10. The first-order chi connectivity index (χ1) is 6.42. The number of benzene rings is 2. The fourth-order valence-electron chi connectivity index (χ4n) is 1.47. The van der Waals surface area contributed by atoms with Crippen molar-refractivity contribution in [2.45, 2.75) is 0 Å². The number of hydrogen-bond acceptors (Lipinski definition) is 0. The molecule has 2 aromatic rings. The van der Waals surface area contributed by atoms with E-state index in [1.165, 1.54) is 0 Å². The minimum absolute atomic E-state index is 0.821. The van der Waals surface area contributed by atoms with Gasteiger partial charge in [0.2, 0.25) is 0 Å². The van der Waals surface area contributed by atoms with Crippen LogP contribution in [0.4, 0.5) is 0 Å². The summed E-state index contributed by atoms with van der Waals surface area (Å²) in [4.78, 5) is 0. The summed E-state index contributed by atoms with van der Waals surface area (Å²) >= 11 is 0. The van der Waals surface area contributed by atoms with E-state index in [2.05, 4.69) is 0 Å². The molecule has 0 aromatic heterocycles. The van der Waals surface area contributed by atoms with Gasteiger partial charge in [-0.25, -0.2) is 0 Å². The molecule has 0 saturated heterocycles. The lowest BCUT2D eigenvalue weighted by Gasteiger charge is -1.99. The van der Waals surface area contributed by atoms with Gasteiger partial charge in [-0.2, -0.15) is 0 Å². The first kappa shape index (κ1) is 7.87. The lowest BCUT2D eigenvalue weighted by atomic mass is 10.1. The molecule has 2 aromatic carbocycles. The highest BCUT2D eigenvalue weighted by Crippen LogP contribution is 2.19. The topological polar surface area (TPSA) is 19.9 Å². The van der Waals surface area contributed by atoms with Gasteiger partial charge in [-0.15, -0.1) is 0 Å². The highest BCUT2D eigenvalue weighted by molar-refractivity contribution is 5.90. The Labute approximate surface area is 76.9 Å². The van der Waals surface area contributed by atoms with E-state index in [0.29, 0.717) is 0 Å². The lowest BCUT2D eigenvalue weighted by molar-refractivity contribution is 0.355. The van der Waals surface area contributed by atoms with Crippen LogP contribution in [-0.4, -0.2) is 0 Å². The molecule has 0 spiro atoms. The van der Waals surface area contributed by atoms with Crippen LogP contribution in [0, 0.1) is 0 Å². The highest BCUT2D eigenvalue weighted by Gasteiger charge is 1.95. The Balaban J connectivity index is 2.75. The van der Waals surface area contributed by atoms with Crippen molar-refractivity contribution in [1.82, 2.24) is 0 Å². The van der Waals surface area contributed by atoms with E-state index < -0.39 is 0 Å². The van der Waals surface area contributed by atoms with Crippen molar-refractivity contribution < 1.29 is 5.11 Å². The summed E-state index contributed by atoms with van der Waals surface area (Å²) in [7, 11) is 0. The maximum absolute atomic E-state index is 10.4. The Morgan fingerprint density at radius 2 is 1.69 bits per heavy atom. The monoisotopic (exact) mass is 169 g/mol. The van der Waals surface area contributed by atoms with Crippen LogP contribution in [-0.2, 0) is 5.11 Å². The maximum atomic E-state index is 10.4. The van der Waals surface area contributed by atoms with Gasteiger partial charge in [0, 0.05) is 0 Å². The van der Waals surface area contributed by atoms with Crippen molar-refractivity contribution >= 4 is 16.8 Å². The third kappa shape index (κ3) is 1.41. The molecule has 1 nitrogen and oxygen atoms in total. The van der Waals surface area contributed by atoms with Gasteiger partial charge in [-0.3, -0.25) is 5.11 Å². The van der Waals surface area contributed by atoms with Crippen LogP contribution < -0.4 is 0 Å². The van der Waals surface area contributed by atoms with Gasteiger partial charge in [-0.1, -0.05) is 42.5 Å². The molecule has 0 unspecified atom stereocenters. The van der Waals surface area contributed by atoms with Crippen molar-refractivity contribution in [3.8, 4) is 0 Å². The van der Waals surface area contributed by atoms with Crippen LogP contribution in [0.2, 0.25) is 0 Å². The second kappa shape index (κ2) is 3.31. The number of rotatable bonds is 1. The molecule has 1 heteroatoms. The molecule has 63 valence electrons. The minimum Gasteiger partial charge on any atom is -0.299 e. The SMILES string of the molecule is [O]/C=C/c1cccc2ccccc12. The first-order valence-electron chi connectivity index (χ1n) is 4.18. The predicted molar refractivity (Wildman–Crippen MR) is 53.7 cm³/mol. The van der Waals surface area contributed by atoms with Gasteiger partial charge in [0.1, 0.15) is 6.26 Å². The summed E-state index contributed by atoms with van der Waals surface area (Å²) in [6.45, 7) is 0. The molecule has 0 fully saturated rings. The minimum atomic E-state index is 0.821. The zero-order valence-electron chi connectivity index (χ0n) is 7.10. The molecule has 0 amide bonds. The Bertz CT molecular complexity index is 438. The standard InChI is InChI=1S/C12H9O/c13-9-8-11-6-3-5-10-4-1-2-7-12(10)11/h1-9H/b9-8+. The van der Waals surface area contributed by atoms with Crippen LogP contribution in [0.3, 0.4) is 0 Å². The summed E-state index contributed by atoms with van der Waals surface area (Å²) in [6, 6.07) is 14.0. The largest absolute Gasteiger partial charge is 0.299 e. The average Bonchev–Trinajstić information content (AvgIpc) is 2.19. The molecule has 1 radical (unpaired) electrons. The molecule has 0 N–H and O–H groups in total. The quantitative estimate of drug-likeness (QED) is 0.584. The fourth-order valence-corrected chi connectivity index (χ4v) is 1.47. The van der Waals surface area contributed by atoms with Crippen LogP contribution in [0.1, 0.15) is 5.56 Å². The molecule has 0 aliphatic carbocycles. The van der Waals surface area contributed by atoms with Crippen molar-refractivity contribution in [3.05, 3.63) is 54.3 Å². The third-order valence-corrected chi connectivity index (χ3v) is 2.07. The average molecular weight is 169 g/mol. The molecule has 13 heavy (non-hydrogen) atoms. The lowest BCUT2D eigenvalue weighted by Crippen LogP contribution is -1.76. The van der Waals surface area contributed by atoms with E-state index in [1.54, 1.807) is 6.08 Å². The van der Waals surface area contributed by atoms with E-state index in [4.69, 9.17) is 0 Å². The summed E-state index contributed by atoms with van der Waals surface area (Å²) in [5.74, 6) is 0. The van der Waals surface area contributed by atoms with E-state index in [1.807, 2.05) is 42.5 Å². The van der Waals surface area contributed by atoms with E-state index in [0.717, 1.165) is 22.6 Å². The molecule has 0 atom stereocenters. The molecular weight excluding hydrogens is 160 g/mol. The molecule has 0 aliphatic rings. The van der Waals surface area contributed by atoms with Crippen molar-refractivity contribution in [1.29, 1.82) is 0 Å². The first-order valence-corrected chi connectivity index (χ1v) is 4.18. The second-order valence-corrected chi connectivity index (χ2v) is 2.87. The molecule has 2 rings (SSSR count). The molecule has 0 saturated carbocycles. The Kier molecular flexibility index (Phi) is 2.01. The zero-order valence-corrected chi connectivity index (χ0v) is 7.10. The van der Waals surface area contributed by atoms with E-state index in [-0.39, 0.29) is 0 Å². The maximum Gasteiger partial charge on any atom is 0.143 e. The van der Waals surface area contributed by atoms with Crippen molar-refractivity contribution in [2.24, 2.45) is 0 Å². The predicted octanol–water partition coefficient (Wildman–Crippen LogP) is 3.24. The van der Waals surface area contributed by atoms with Crippen LogP contribution in [0.25, 0.3) is 16.8 Å². The van der Waals surface area contributed by atoms with Crippen LogP contribution in [0.5, 0.6) is 0 Å². The van der Waals surface area contributed by atoms with Gasteiger partial charge < -0.3 is 0 Å². The van der Waals surface area contributed by atoms with Crippen LogP contribution in [0.15, 0.2) is 48.7 Å². The molecule has 0 heterocycles. The van der Waals surface area contributed by atoms with Gasteiger partial charge in [-0.05, 0) is 22.4 Å². The normalized spacial score (nSPS) is 11.1. The fraction of sp³-hybridized carbons (Fsp3) is 0. The number of fused-ring (bicyclic) bond motifs is 1. The molecule has 0 aliphatic heterocycles. The molecular formula is C12H9O. The number of hydrogen-bond donors (Lipinski definition) is 0. The summed E-state index contributed by atoms with van der Waals surface area (Å²) < 4.78 is 0. The second-order valence-electron chi connectivity index (χ2n) is 2.87. The van der Waals surface area contributed by atoms with E-state index >= 15 is 0 Å². The van der Waals surface area contributed by atoms with Gasteiger partial charge in [0.05, 0.1) is 0 Å². The van der Waals surface area contributed by atoms with Gasteiger partial charge in [0.25, 0.3) is 0 Å². The smallest absolute Gasteiger partial charge is 0.143 e. The summed E-state index contributed by atoms with van der Waals surface area (Å²) in [5, 5.41) is 12.6. The van der Waals surface area contributed by atoms with Crippen LogP contribution >= 0.6 is 0 Å². The molecule has 0 bridgehead atoms. The van der Waals surface area contributed by atoms with Gasteiger partial charge >= 0.3 is 0 Å². The summed E-state index contributed by atoms with van der Waals surface area (Å²) in [6.07, 6.45) is 2.41. The summed E-state index contributed by atoms with van der Waals surface area (Å²) in [5.41, 5.74) is 0.980. The highest BCUT2D eigenvalue weighted by atomic mass is 16.2. The van der Waals surface area contributed by atoms with Crippen molar-refractivity contribution in [3.63, 3.8) is 0 Å². The Morgan fingerprint density at radius 1 is 0.923 bits per heavy atom. The third-order valence-electron chi connectivity index (χ3n) is 2.07. The Hall–Kier alpha value is -1.76. The van der Waals surface area contributed by atoms with Gasteiger partial charge in [0.15, 0.2) is 0 Å².